The van der Waals surface area contributed by atoms with Crippen LogP contribution in [-0.4, -0.2) is 80.2 Å². The summed E-state index contributed by atoms with van der Waals surface area (Å²) in [5.41, 5.74) is 3.86. The van der Waals surface area contributed by atoms with Gasteiger partial charge in [-0.3, -0.25) is 15.1 Å². The second-order valence-corrected chi connectivity index (χ2v) is 15.0. The van der Waals surface area contributed by atoms with Gasteiger partial charge in [0.05, 0.1) is 41.4 Å². The van der Waals surface area contributed by atoms with Gasteiger partial charge in [-0.25, -0.2) is 9.48 Å². The Balaban J connectivity index is 0.000000639. The molecule has 0 bridgehead atoms. The van der Waals surface area contributed by atoms with Crippen LogP contribution in [0.5, 0.6) is 11.5 Å². The van der Waals surface area contributed by atoms with Gasteiger partial charge < -0.3 is 30.5 Å². The van der Waals surface area contributed by atoms with Crippen LogP contribution in [0.25, 0.3) is 16.5 Å². The maximum Gasteiger partial charge on any atom is 0.324 e. The molecule has 0 aliphatic carbocycles. The number of pyridine rings is 1. The monoisotopic (exact) mass is 733 g/mol. The van der Waals surface area contributed by atoms with E-state index in [1.165, 1.54) is 0 Å². The van der Waals surface area contributed by atoms with Crippen molar-refractivity contribution >= 4 is 34.2 Å². The molecule has 3 amide bonds. The Morgan fingerprint density at radius 3 is 2.22 bits per heavy atom. The Kier molecular flexibility index (Phi) is 12.3. The zero-order chi connectivity index (χ0) is 38.2. The quantitative estimate of drug-likeness (QED) is 0.124. The van der Waals surface area contributed by atoms with E-state index in [4.69, 9.17) is 14.9 Å². The molecule has 2 fully saturated rings. The summed E-state index contributed by atoms with van der Waals surface area (Å²) in [6.45, 7) is 11.4. The van der Waals surface area contributed by atoms with Crippen molar-refractivity contribution in [2.24, 2.45) is 0 Å². The lowest BCUT2D eigenvalue weighted by molar-refractivity contribution is -0.132. The van der Waals surface area contributed by atoms with Crippen LogP contribution in [-0.2, 0) is 16.6 Å². The van der Waals surface area contributed by atoms with Crippen molar-refractivity contribution in [2.45, 2.75) is 77.4 Å². The maximum atomic E-state index is 13.4. The minimum atomic E-state index is -0.399. The third kappa shape index (κ3) is 10.0. The number of urea groups is 1. The summed E-state index contributed by atoms with van der Waals surface area (Å²) in [4.78, 5) is 32.4. The van der Waals surface area contributed by atoms with Crippen molar-refractivity contribution in [1.29, 1.82) is 0 Å². The fraction of sp³-hybridized carbons (Fsp3) is 0.381. The number of hydrogen-bond acceptors (Lipinski definition) is 8. The summed E-state index contributed by atoms with van der Waals surface area (Å²) in [5.74, 6) is 1.70. The van der Waals surface area contributed by atoms with Gasteiger partial charge in [-0.2, -0.15) is 5.10 Å². The summed E-state index contributed by atoms with van der Waals surface area (Å²) in [7, 11) is 0. The lowest BCUT2D eigenvalue weighted by Crippen LogP contribution is -2.40. The molecule has 12 nitrogen and oxygen atoms in total. The van der Waals surface area contributed by atoms with E-state index in [0.29, 0.717) is 54.6 Å². The number of carbonyl (C=O) groups is 2. The Morgan fingerprint density at radius 2 is 1.56 bits per heavy atom. The maximum absolute atomic E-state index is 13.4. The van der Waals surface area contributed by atoms with E-state index >= 15 is 0 Å². The van der Waals surface area contributed by atoms with E-state index in [0.717, 1.165) is 53.6 Å². The Hall–Kier alpha value is -5.30. The molecule has 0 spiro atoms. The number of hydrogen-bond donors (Lipinski definition) is 5. The molecule has 3 aromatic carbocycles. The number of nitrogens with one attached hydrogen (secondary N) is 3. The fourth-order valence-electron chi connectivity index (χ4n) is 6.39. The van der Waals surface area contributed by atoms with Crippen LogP contribution in [0.2, 0.25) is 0 Å². The van der Waals surface area contributed by atoms with E-state index in [1.807, 2.05) is 73.7 Å². The molecule has 2 aliphatic heterocycles. The van der Waals surface area contributed by atoms with E-state index in [-0.39, 0.29) is 30.0 Å². The van der Waals surface area contributed by atoms with Crippen molar-refractivity contribution in [3.63, 3.8) is 0 Å². The molecule has 0 saturated carbocycles. The highest BCUT2D eigenvalue weighted by atomic mass is 16.5. The molecule has 0 atom stereocenters. The van der Waals surface area contributed by atoms with Gasteiger partial charge in [-0.15, -0.1) is 0 Å². The second kappa shape index (κ2) is 17.2. The van der Waals surface area contributed by atoms with Crippen molar-refractivity contribution in [2.75, 3.05) is 36.8 Å². The number of aromatic nitrogens is 3. The van der Waals surface area contributed by atoms with Crippen LogP contribution in [0.15, 0.2) is 85.1 Å². The number of aliphatic hydroxyl groups is 2. The minimum absolute atomic E-state index is 0.0164. The highest BCUT2D eigenvalue weighted by Crippen LogP contribution is 2.35. The molecule has 54 heavy (non-hydrogen) atoms. The van der Waals surface area contributed by atoms with Gasteiger partial charge in [-0.05, 0) is 76.0 Å². The van der Waals surface area contributed by atoms with Crippen molar-refractivity contribution in [3.05, 3.63) is 102 Å². The number of aryl methyl sites for hydroxylation is 1. The van der Waals surface area contributed by atoms with Gasteiger partial charge in [0, 0.05) is 47.6 Å². The molecule has 0 radical (unpaired) electrons. The number of carbonyl (C=O) groups excluding carboxylic acids is 2. The zero-order valence-corrected chi connectivity index (χ0v) is 31.5. The largest absolute Gasteiger partial charge is 0.457 e. The average molecular weight is 734 g/mol. The Morgan fingerprint density at radius 1 is 0.870 bits per heavy atom. The molecular formula is C42H51N7O5. The first-order valence-corrected chi connectivity index (χ1v) is 18.7. The molecule has 5 N–H and O–H groups in total. The number of anilines is 2. The number of rotatable bonds is 7. The smallest absolute Gasteiger partial charge is 0.324 e. The number of nitrogens with zero attached hydrogens (tertiary/aromatic N) is 4. The summed E-state index contributed by atoms with van der Waals surface area (Å²) < 4.78 is 8.05. The highest BCUT2D eigenvalue weighted by molar-refractivity contribution is 6.07. The molecule has 284 valence electrons. The molecule has 0 unspecified atom stereocenters. The van der Waals surface area contributed by atoms with Gasteiger partial charge in [0.15, 0.2) is 0 Å². The van der Waals surface area contributed by atoms with Crippen LogP contribution < -0.4 is 20.7 Å². The molecule has 2 saturated heterocycles. The van der Waals surface area contributed by atoms with Crippen LogP contribution >= 0.6 is 0 Å². The average Bonchev–Trinajstić information content (AvgIpc) is 3.58. The number of amides is 3. The van der Waals surface area contributed by atoms with Gasteiger partial charge in [0.1, 0.15) is 17.3 Å². The summed E-state index contributed by atoms with van der Waals surface area (Å²) in [5, 5.41) is 34.2. The summed E-state index contributed by atoms with van der Waals surface area (Å²) in [6.07, 6.45) is 4.48. The Bertz CT molecular complexity index is 2040. The lowest BCUT2D eigenvalue weighted by Gasteiger charge is -2.29. The molecule has 5 aromatic rings. The predicted octanol–water partition coefficient (Wildman–Crippen LogP) is 6.72. The van der Waals surface area contributed by atoms with Crippen molar-refractivity contribution < 1.29 is 24.5 Å². The van der Waals surface area contributed by atoms with Crippen LogP contribution in [0, 0.1) is 6.92 Å². The number of fused-ring (bicyclic) bond motifs is 1. The van der Waals surface area contributed by atoms with E-state index in [9.17, 15) is 14.7 Å². The van der Waals surface area contributed by atoms with E-state index in [2.05, 4.69) is 41.7 Å². The van der Waals surface area contributed by atoms with Crippen LogP contribution in [0.4, 0.5) is 16.3 Å². The lowest BCUT2D eigenvalue weighted by atomic mass is 9.92. The predicted molar refractivity (Wildman–Crippen MR) is 212 cm³/mol. The number of piperidine rings is 2. The molecule has 4 heterocycles. The standard InChI is InChI=1S/C37H40N6O4.C5H11NO/c1-24-9-11-26(12-10-24)43-34(23-33(41-43)37(2,3)4)40-36(46)39-31-13-14-32(30-8-6-5-7-29(30)31)47-28-15-18-38-25(21-28)22-35(45)42-19-16-27(44)17-20-42;7-5-1-3-6-4-2-5/h5-15,18,21,23,27,44H,16-17,19-20,22H2,1-4H3,(H2,39,40,46);5-7H,1-4H2. The molecule has 2 aromatic heterocycles. The van der Waals surface area contributed by atoms with Gasteiger partial charge in [0.25, 0.3) is 0 Å². The first-order valence-electron chi connectivity index (χ1n) is 18.7. The van der Waals surface area contributed by atoms with E-state index < -0.39 is 6.03 Å². The number of ether oxygens (including phenoxy) is 1. The third-order valence-electron chi connectivity index (χ3n) is 9.60. The van der Waals surface area contributed by atoms with E-state index in [1.54, 1.807) is 27.9 Å². The fourth-order valence-corrected chi connectivity index (χ4v) is 6.39. The molecule has 12 heteroatoms. The topological polar surface area (TPSA) is 154 Å². The molecule has 7 rings (SSSR count). The van der Waals surface area contributed by atoms with Crippen LogP contribution in [0.1, 0.15) is 63.4 Å². The molecular weight excluding hydrogens is 683 g/mol. The molecule has 2 aliphatic rings. The number of benzene rings is 3. The number of likely N-dealkylation sites (tertiary alicyclic amines) is 1. The summed E-state index contributed by atoms with van der Waals surface area (Å²) in [6, 6.07) is 24.3. The van der Waals surface area contributed by atoms with Gasteiger partial charge in [-0.1, -0.05) is 62.7 Å². The Labute approximate surface area is 316 Å². The SMILES string of the molecule is Cc1ccc(-n2nc(C(C)(C)C)cc2NC(=O)Nc2ccc(Oc3ccnc(CC(=O)N4CCC(O)CC4)c3)c3ccccc23)cc1.OC1CCNCC1. The van der Waals surface area contributed by atoms with Crippen LogP contribution in [0.3, 0.4) is 0 Å². The van der Waals surface area contributed by atoms with Crippen molar-refractivity contribution in [1.82, 2.24) is 25.0 Å². The third-order valence-corrected chi connectivity index (χ3v) is 9.60. The second-order valence-electron chi connectivity index (χ2n) is 15.0. The summed E-state index contributed by atoms with van der Waals surface area (Å²) >= 11 is 0. The highest BCUT2D eigenvalue weighted by Gasteiger charge is 2.23. The minimum Gasteiger partial charge on any atom is -0.457 e. The zero-order valence-electron chi connectivity index (χ0n) is 31.5. The normalized spacial score (nSPS) is 15.3. The van der Waals surface area contributed by atoms with Gasteiger partial charge in [0.2, 0.25) is 5.91 Å². The first-order chi connectivity index (χ1) is 25.9. The first kappa shape index (κ1) is 38.4. The number of aliphatic hydroxyl groups excluding tert-OH is 2. The van der Waals surface area contributed by atoms with Crippen molar-refractivity contribution in [3.8, 4) is 17.2 Å². The van der Waals surface area contributed by atoms with Gasteiger partial charge >= 0.3 is 6.03 Å².